The van der Waals surface area contributed by atoms with Gasteiger partial charge in [-0.15, -0.1) is 0 Å². The monoisotopic (exact) mass is 282 g/mol. The van der Waals surface area contributed by atoms with Crippen molar-refractivity contribution in [3.8, 4) is 11.1 Å². The summed E-state index contributed by atoms with van der Waals surface area (Å²) in [5.41, 5.74) is 4.67. The molecular formula is C18H19FN2. The number of hydrogen-bond donors (Lipinski definition) is 0. The predicted molar refractivity (Wildman–Crippen MR) is 84.9 cm³/mol. The first-order valence-corrected chi connectivity index (χ1v) is 7.20. The predicted octanol–water partition coefficient (Wildman–Crippen LogP) is 4.81. The van der Waals surface area contributed by atoms with Crippen LogP contribution in [0.3, 0.4) is 0 Å². The molecule has 0 aliphatic carbocycles. The molecule has 1 aromatic heterocycles. The first-order chi connectivity index (χ1) is 9.97. The van der Waals surface area contributed by atoms with Gasteiger partial charge in [0.05, 0.1) is 5.52 Å². The van der Waals surface area contributed by atoms with Gasteiger partial charge in [-0.2, -0.15) is 5.10 Å². The number of hydrogen-bond acceptors (Lipinski definition) is 1. The number of aryl methyl sites for hydroxylation is 2. The number of aromatic nitrogens is 2. The molecule has 0 unspecified atom stereocenters. The van der Waals surface area contributed by atoms with E-state index in [9.17, 15) is 4.39 Å². The van der Waals surface area contributed by atoms with Crippen LogP contribution in [0.4, 0.5) is 4.39 Å². The van der Waals surface area contributed by atoms with Crippen LogP contribution in [0.5, 0.6) is 0 Å². The zero-order valence-corrected chi connectivity index (χ0v) is 12.8. The summed E-state index contributed by atoms with van der Waals surface area (Å²) < 4.78 is 16.2. The highest BCUT2D eigenvalue weighted by molar-refractivity contribution is 5.94. The van der Waals surface area contributed by atoms with E-state index in [0.717, 1.165) is 33.2 Å². The summed E-state index contributed by atoms with van der Waals surface area (Å²) >= 11 is 0. The number of rotatable bonds is 2. The van der Waals surface area contributed by atoms with Crippen molar-refractivity contribution in [1.82, 2.24) is 9.78 Å². The van der Waals surface area contributed by atoms with Gasteiger partial charge in [-0.1, -0.05) is 32.0 Å². The molecule has 0 saturated heterocycles. The zero-order valence-electron chi connectivity index (χ0n) is 12.8. The Bertz CT molecular complexity index is 792. The molecule has 1 heterocycles. The largest absolute Gasteiger partial charge is 0.275 e. The molecule has 0 aliphatic heterocycles. The molecule has 0 N–H and O–H groups in total. The second-order valence-corrected chi connectivity index (χ2v) is 5.88. The van der Waals surface area contributed by atoms with Crippen molar-refractivity contribution in [2.75, 3.05) is 0 Å². The van der Waals surface area contributed by atoms with Gasteiger partial charge in [0, 0.05) is 18.6 Å². The Kier molecular flexibility index (Phi) is 3.28. The normalized spacial score (nSPS) is 11.5. The lowest BCUT2D eigenvalue weighted by Crippen LogP contribution is -1.98. The summed E-state index contributed by atoms with van der Waals surface area (Å²) in [6.45, 7) is 6.02. The Morgan fingerprint density at radius 2 is 1.95 bits per heavy atom. The van der Waals surface area contributed by atoms with Gasteiger partial charge in [0.15, 0.2) is 0 Å². The van der Waals surface area contributed by atoms with E-state index in [2.05, 4.69) is 11.2 Å². The Morgan fingerprint density at radius 3 is 2.62 bits per heavy atom. The molecule has 3 heteroatoms. The van der Waals surface area contributed by atoms with Gasteiger partial charge < -0.3 is 0 Å². The second kappa shape index (κ2) is 4.99. The van der Waals surface area contributed by atoms with Gasteiger partial charge in [0.2, 0.25) is 0 Å². The van der Waals surface area contributed by atoms with E-state index < -0.39 is 0 Å². The maximum Gasteiger partial charge on any atom is 0.127 e. The van der Waals surface area contributed by atoms with Gasteiger partial charge in [0.1, 0.15) is 5.82 Å². The molecule has 0 amide bonds. The van der Waals surface area contributed by atoms with E-state index in [1.807, 2.05) is 52.2 Å². The van der Waals surface area contributed by atoms with Crippen LogP contribution >= 0.6 is 0 Å². The lowest BCUT2D eigenvalue weighted by atomic mass is 9.92. The van der Waals surface area contributed by atoms with Crippen LogP contribution in [0.1, 0.15) is 30.9 Å². The smallest absolute Gasteiger partial charge is 0.127 e. The van der Waals surface area contributed by atoms with Crippen molar-refractivity contribution in [3.05, 3.63) is 53.5 Å². The fourth-order valence-electron chi connectivity index (χ4n) is 3.06. The van der Waals surface area contributed by atoms with Crippen molar-refractivity contribution in [3.63, 3.8) is 0 Å². The summed E-state index contributed by atoms with van der Waals surface area (Å²) in [6, 6.07) is 9.68. The molecule has 0 radical (unpaired) electrons. The van der Waals surface area contributed by atoms with Gasteiger partial charge >= 0.3 is 0 Å². The third-order valence-electron chi connectivity index (χ3n) is 3.89. The van der Waals surface area contributed by atoms with Gasteiger partial charge in [-0.3, -0.25) is 4.68 Å². The van der Waals surface area contributed by atoms with E-state index >= 15 is 0 Å². The van der Waals surface area contributed by atoms with Crippen LogP contribution in [-0.2, 0) is 7.05 Å². The van der Waals surface area contributed by atoms with Crippen molar-refractivity contribution in [1.29, 1.82) is 0 Å². The molecule has 0 atom stereocenters. The van der Waals surface area contributed by atoms with E-state index in [1.165, 1.54) is 0 Å². The minimum Gasteiger partial charge on any atom is -0.275 e. The number of fused-ring (bicyclic) bond motifs is 1. The average Bonchev–Trinajstić information content (AvgIpc) is 2.77. The van der Waals surface area contributed by atoms with Crippen molar-refractivity contribution < 1.29 is 4.39 Å². The Balaban J connectivity index is 2.24. The van der Waals surface area contributed by atoms with E-state index in [4.69, 9.17) is 0 Å². The molecule has 108 valence electrons. The fourth-order valence-corrected chi connectivity index (χ4v) is 3.06. The summed E-state index contributed by atoms with van der Waals surface area (Å²) in [4.78, 5) is 0. The number of benzene rings is 2. The third-order valence-corrected chi connectivity index (χ3v) is 3.89. The maximum absolute atomic E-state index is 14.4. The molecule has 3 rings (SSSR count). The van der Waals surface area contributed by atoms with Crippen LogP contribution in [0.2, 0.25) is 0 Å². The Labute approximate surface area is 124 Å². The van der Waals surface area contributed by atoms with Gasteiger partial charge in [-0.05, 0) is 47.2 Å². The van der Waals surface area contributed by atoms with E-state index in [-0.39, 0.29) is 11.7 Å². The highest BCUT2D eigenvalue weighted by Gasteiger charge is 2.14. The molecule has 0 aliphatic rings. The molecule has 0 spiro atoms. The van der Waals surface area contributed by atoms with Gasteiger partial charge in [-0.25, -0.2) is 4.39 Å². The average molecular weight is 282 g/mol. The molecule has 2 nitrogen and oxygen atoms in total. The Hall–Kier alpha value is -2.16. The first-order valence-electron chi connectivity index (χ1n) is 7.20. The number of halogens is 1. The highest BCUT2D eigenvalue weighted by Crippen LogP contribution is 2.32. The molecule has 0 saturated carbocycles. The van der Waals surface area contributed by atoms with E-state index in [0.29, 0.717) is 0 Å². The standard InChI is InChI=1S/C18H19FN2/c1-11(2)18-12(3)8-13(9-16(18)19)14-6-5-7-17-15(14)10-21(4)20-17/h5-11H,1-4H3. The second-order valence-electron chi connectivity index (χ2n) is 5.88. The first kappa shape index (κ1) is 13.8. The molecule has 2 aromatic carbocycles. The molecule has 21 heavy (non-hydrogen) atoms. The highest BCUT2D eigenvalue weighted by atomic mass is 19.1. The van der Waals surface area contributed by atoms with Crippen LogP contribution < -0.4 is 0 Å². The number of nitrogens with zero attached hydrogens (tertiary/aromatic N) is 2. The lowest BCUT2D eigenvalue weighted by molar-refractivity contribution is 0.596. The minimum atomic E-state index is -0.124. The van der Waals surface area contributed by atoms with Crippen LogP contribution in [0.25, 0.3) is 22.0 Å². The quantitative estimate of drug-likeness (QED) is 0.659. The van der Waals surface area contributed by atoms with E-state index in [1.54, 1.807) is 10.7 Å². The van der Waals surface area contributed by atoms with Crippen LogP contribution in [-0.4, -0.2) is 9.78 Å². The molecule has 0 fully saturated rings. The summed E-state index contributed by atoms with van der Waals surface area (Å²) in [6.07, 6.45) is 1.98. The SMILES string of the molecule is Cc1cc(-c2cccc3nn(C)cc23)cc(F)c1C(C)C. The van der Waals surface area contributed by atoms with Crippen LogP contribution in [0.15, 0.2) is 36.5 Å². The van der Waals surface area contributed by atoms with Gasteiger partial charge in [0.25, 0.3) is 0 Å². The lowest BCUT2D eigenvalue weighted by Gasteiger charge is -2.13. The van der Waals surface area contributed by atoms with Crippen LogP contribution in [0, 0.1) is 12.7 Å². The summed E-state index contributed by atoms with van der Waals surface area (Å²) in [5, 5.41) is 5.46. The Morgan fingerprint density at radius 1 is 1.19 bits per heavy atom. The molecule has 0 bridgehead atoms. The third kappa shape index (κ3) is 2.33. The zero-order chi connectivity index (χ0) is 15.1. The maximum atomic E-state index is 14.4. The summed E-state index contributed by atoms with van der Waals surface area (Å²) in [7, 11) is 1.90. The van der Waals surface area contributed by atoms with Crippen molar-refractivity contribution >= 4 is 10.9 Å². The topological polar surface area (TPSA) is 17.8 Å². The van der Waals surface area contributed by atoms with Crippen molar-refractivity contribution in [2.24, 2.45) is 7.05 Å². The molecular weight excluding hydrogens is 263 g/mol. The molecule has 3 aromatic rings. The fraction of sp³-hybridized carbons (Fsp3) is 0.278. The van der Waals surface area contributed by atoms with Crippen molar-refractivity contribution in [2.45, 2.75) is 26.7 Å². The summed E-state index contributed by atoms with van der Waals surface area (Å²) in [5.74, 6) is 0.0640. The minimum absolute atomic E-state index is 0.124.